The van der Waals surface area contributed by atoms with E-state index in [4.69, 9.17) is 0 Å². The molecule has 1 saturated heterocycles. The van der Waals surface area contributed by atoms with Gasteiger partial charge in [0, 0.05) is 37.9 Å². The van der Waals surface area contributed by atoms with Gasteiger partial charge in [0.25, 0.3) is 0 Å². The predicted octanol–water partition coefficient (Wildman–Crippen LogP) is 2.87. The zero-order valence-corrected chi connectivity index (χ0v) is 19.5. The largest absolute Gasteiger partial charge is 0.356 e. The monoisotopic (exact) mass is 465 g/mol. The Morgan fingerprint density at radius 2 is 1.91 bits per heavy atom. The molecule has 4 heterocycles. The van der Waals surface area contributed by atoms with Gasteiger partial charge in [0.05, 0.1) is 22.2 Å². The maximum absolute atomic E-state index is 12.8. The normalized spacial score (nSPS) is 15.4. The van der Waals surface area contributed by atoms with E-state index in [0.29, 0.717) is 30.8 Å². The van der Waals surface area contributed by atoms with Crippen molar-refractivity contribution >= 4 is 26.9 Å². The summed E-state index contributed by atoms with van der Waals surface area (Å²) in [6.07, 6.45) is 7.62. The van der Waals surface area contributed by atoms with Crippen LogP contribution in [0.2, 0.25) is 0 Å². The van der Waals surface area contributed by atoms with Crippen molar-refractivity contribution in [3.63, 3.8) is 0 Å². The van der Waals surface area contributed by atoms with E-state index < -0.39 is 10.0 Å². The highest BCUT2D eigenvalue weighted by Gasteiger charge is 2.26. The van der Waals surface area contributed by atoms with E-state index in [2.05, 4.69) is 35.7 Å². The highest BCUT2D eigenvalue weighted by atomic mass is 32.2. The quantitative estimate of drug-likeness (QED) is 0.453. The summed E-state index contributed by atoms with van der Waals surface area (Å²) in [5.41, 5.74) is 3.82. The summed E-state index contributed by atoms with van der Waals surface area (Å²) in [5, 5.41) is 5.19. The molecule has 0 radical (unpaired) electrons. The van der Waals surface area contributed by atoms with Crippen molar-refractivity contribution < 1.29 is 8.42 Å². The highest BCUT2D eigenvalue weighted by molar-refractivity contribution is 7.89. The summed E-state index contributed by atoms with van der Waals surface area (Å²) in [4.78, 5) is 14.8. The van der Waals surface area contributed by atoms with Crippen molar-refractivity contribution in [3.8, 4) is 11.3 Å². The average Bonchev–Trinajstić information content (AvgIpc) is 3.45. The van der Waals surface area contributed by atoms with Crippen LogP contribution < -0.4 is 9.62 Å². The Morgan fingerprint density at radius 3 is 2.58 bits per heavy atom. The number of nitrogens with zero attached hydrogens (tertiary/aromatic N) is 5. The van der Waals surface area contributed by atoms with Crippen LogP contribution in [0.5, 0.6) is 0 Å². The number of rotatable bonds is 6. The molecule has 4 aromatic rings. The van der Waals surface area contributed by atoms with Crippen LogP contribution in [0, 0.1) is 0 Å². The Bertz CT molecular complexity index is 1370. The number of anilines is 1. The number of sulfonamides is 1. The first-order valence-corrected chi connectivity index (χ1v) is 12.6. The smallest absolute Gasteiger partial charge is 0.240 e. The van der Waals surface area contributed by atoms with Crippen molar-refractivity contribution in [3.05, 3.63) is 54.6 Å². The van der Waals surface area contributed by atoms with E-state index in [-0.39, 0.29) is 6.04 Å². The minimum absolute atomic E-state index is 0.105. The first-order chi connectivity index (χ1) is 15.9. The van der Waals surface area contributed by atoms with Crippen LogP contribution in [0.1, 0.15) is 25.3 Å². The molecule has 2 N–H and O–H groups in total. The van der Waals surface area contributed by atoms with E-state index >= 15 is 0 Å². The van der Waals surface area contributed by atoms with Crippen molar-refractivity contribution in [2.45, 2.75) is 37.1 Å². The van der Waals surface area contributed by atoms with Crippen molar-refractivity contribution in [2.24, 2.45) is 7.05 Å². The molecule has 172 valence electrons. The topological polar surface area (TPSA) is 109 Å². The second kappa shape index (κ2) is 8.60. The zero-order valence-electron chi connectivity index (χ0n) is 18.7. The second-order valence-corrected chi connectivity index (χ2v) is 10.1. The van der Waals surface area contributed by atoms with Crippen LogP contribution in [0.3, 0.4) is 0 Å². The lowest BCUT2D eigenvalue weighted by Gasteiger charge is -2.33. The van der Waals surface area contributed by atoms with Gasteiger partial charge in [-0.3, -0.25) is 4.68 Å². The van der Waals surface area contributed by atoms with Gasteiger partial charge in [-0.25, -0.2) is 23.1 Å². The number of aromatic nitrogens is 5. The van der Waals surface area contributed by atoms with E-state index in [0.717, 1.165) is 40.1 Å². The molecule has 33 heavy (non-hydrogen) atoms. The number of nitrogens with one attached hydrogen (secondary N) is 2. The van der Waals surface area contributed by atoms with E-state index in [1.54, 1.807) is 23.1 Å². The minimum atomic E-state index is -3.53. The van der Waals surface area contributed by atoms with Gasteiger partial charge < -0.3 is 9.88 Å². The summed E-state index contributed by atoms with van der Waals surface area (Å²) in [6, 6.07) is 9.05. The fourth-order valence-electron chi connectivity index (χ4n) is 4.30. The molecular formula is C23H27N7O2S. The molecule has 0 saturated carbocycles. The molecule has 1 aromatic carbocycles. The summed E-state index contributed by atoms with van der Waals surface area (Å²) < 4.78 is 30.3. The van der Waals surface area contributed by atoms with Gasteiger partial charge >= 0.3 is 0 Å². The van der Waals surface area contributed by atoms with Gasteiger partial charge in [0.1, 0.15) is 17.8 Å². The molecule has 5 rings (SSSR count). The standard InChI is InChI=1S/C23H27N7O2S/c1-3-16-4-6-19(7-5-16)33(31,32)28-18-8-10-30(11-9-18)23-20-12-21(17-13-26-29(2)14-17)27-22(20)24-15-25-23/h4-7,12-15,18,28H,3,8-11H2,1-2H3,(H,24,25,27). The molecule has 1 fully saturated rings. The molecule has 0 bridgehead atoms. The van der Waals surface area contributed by atoms with Crippen LogP contribution in [0.4, 0.5) is 5.82 Å². The lowest BCUT2D eigenvalue weighted by molar-refractivity contribution is 0.459. The number of hydrogen-bond acceptors (Lipinski definition) is 6. The number of hydrogen-bond donors (Lipinski definition) is 2. The SMILES string of the molecule is CCc1ccc(S(=O)(=O)NC2CCN(c3ncnc4[nH]c(-c5cnn(C)c5)cc34)CC2)cc1. The predicted molar refractivity (Wildman–Crippen MR) is 127 cm³/mol. The number of aromatic amines is 1. The molecule has 0 aliphatic carbocycles. The molecule has 1 aliphatic heterocycles. The van der Waals surface area contributed by atoms with E-state index in [1.165, 1.54) is 0 Å². The fourth-order valence-corrected chi connectivity index (χ4v) is 5.60. The van der Waals surface area contributed by atoms with Gasteiger partial charge in [-0.15, -0.1) is 0 Å². The third-order valence-electron chi connectivity index (χ3n) is 6.18. The second-order valence-electron chi connectivity index (χ2n) is 8.43. The molecule has 0 spiro atoms. The molecule has 1 aliphatic rings. The first-order valence-electron chi connectivity index (χ1n) is 11.1. The number of H-pyrrole nitrogens is 1. The van der Waals surface area contributed by atoms with Crippen LogP contribution in [-0.4, -0.2) is 52.3 Å². The molecule has 0 unspecified atom stereocenters. The minimum Gasteiger partial charge on any atom is -0.356 e. The Hall–Kier alpha value is -3.24. The van der Waals surface area contributed by atoms with Crippen molar-refractivity contribution in [2.75, 3.05) is 18.0 Å². The molecule has 0 atom stereocenters. The third kappa shape index (κ3) is 4.36. The maximum Gasteiger partial charge on any atom is 0.240 e. The zero-order chi connectivity index (χ0) is 23.0. The number of benzene rings is 1. The van der Waals surface area contributed by atoms with Crippen molar-refractivity contribution in [1.82, 2.24) is 29.5 Å². The lowest BCUT2D eigenvalue weighted by Crippen LogP contribution is -2.44. The van der Waals surface area contributed by atoms with Gasteiger partial charge in [-0.2, -0.15) is 5.10 Å². The van der Waals surface area contributed by atoms with Gasteiger partial charge in [0.2, 0.25) is 10.0 Å². The number of piperidine rings is 1. The highest BCUT2D eigenvalue weighted by Crippen LogP contribution is 2.30. The van der Waals surface area contributed by atoms with E-state index in [9.17, 15) is 8.42 Å². The first kappa shape index (κ1) is 21.6. The third-order valence-corrected chi connectivity index (χ3v) is 7.72. The molecule has 3 aromatic heterocycles. The van der Waals surface area contributed by atoms with E-state index in [1.807, 2.05) is 38.5 Å². The van der Waals surface area contributed by atoms with Gasteiger partial charge in [-0.05, 0) is 43.0 Å². The van der Waals surface area contributed by atoms with Crippen LogP contribution in [-0.2, 0) is 23.5 Å². The molecular weight excluding hydrogens is 438 g/mol. The van der Waals surface area contributed by atoms with Gasteiger partial charge in [0.15, 0.2) is 0 Å². The Kier molecular flexibility index (Phi) is 5.63. The van der Waals surface area contributed by atoms with Crippen LogP contribution >= 0.6 is 0 Å². The molecule has 9 nitrogen and oxygen atoms in total. The summed E-state index contributed by atoms with van der Waals surface area (Å²) in [5.74, 6) is 0.864. The van der Waals surface area contributed by atoms with Gasteiger partial charge in [-0.1, -0.05) is 19.1 Å². The number of fused-ring (bicyclic) bond motifs is 1. The maximum atomic E-state index is 12.8. The Labute approximate surface area is 192 Å². The summed E-state index contributed by atoms with van der Waals surface area (Å²) in [6.45, 7) is 3.47. The summed E-state index contributed by atoms with van der Waals surface area (Å²) >= 11 is 0. The number of aryl methyl sites for hydroxylation is 2. The molecule has 10 heteroatoms. The average molecular weight is 466 g/mol. The Balaban J connectivity index is 1.29. The summed E-state index contributed by atoms with van der Waals surface area (Å²) in [7, 11) is -1.65. The van der Waals surface area contributed by atoms with Crippen LogP contribution in [0.25, 0.3) is 22.3 Å². The van der Waals surface area contributed by atoms with Crippen LogP contribution in [0.15, 0.2) is 53.9 Å². The fraction of sp³-hybridized carbons (Fsp3) is 0.348. The van der Waals surface area contributed by atoms with Crippen molar-refractivity contribution in [1.29, 1.82) is 0 Å². The Morgan fingerprint density at radius 1 is 1.15 bits per heavy atom. The molecule has 0 amide bonds. The lowest BCUT2D eigenvalue weighted by atomic mass is 10.1.